The van der Waals surface area contributed by atoms with Crippen molar-refractivity contribution in [1.82, 2.24) is 10.2 Å². The second-order valence-corrected chi connectivity index (χ2v) is 6.73. The number of nitrogens with one attached hydrogen (secondary N) is 2. The summed E-state index contributed by atoms with van der Waals surface area (Å²) in [4.78, 5) is 35.9. The van der Waals surface area contributed by atoms with Crippen molar-refractivity contribution in [1.29, 1.82) is 0 Å². The normalized spacial score (nSPS) is 10.7. The number of fused-ring (bicyclic) bond motifs is 1. The minimum Gasteiger partial charge on any atom is -0.455 e. The Balaban J connectivity index is 1.52. The molecule has 0 saturated carbocycles. The second-order valence-electron chi connectivity index (χ2n) is 6.73. The van der Waals surface area contributed by atoms with Crippen LogP contribution in [0.15, 0.2) is 53.3 Å². The third-order valence-electron chi connectivity index (χ3n) is 4.51. The Kier molecular flexibility index (Phi) is 6.73. The summed E-state index contributed by atoms with van der Waals surface area (Å²) in [6.45, 7) is 1.75. The maximum Gasteiger partial charge on any atom is 0.312 e. The molecule has 3 aromatic rings. The van der Waals surface area contributed by atoms with Crippen molar-refractivity contribution in [3.05, 3.63) is 70.1 Å². The van der Waals surface area contributed by atoms with Crippen LogP contribution in [0, 0.1) is 0 Å². The standard InChI is InChI=1S/C22H23N3O4/c1-2-3-6-15-9-11-16(12-10-15)23-20(26)14-29-21(27)13-19-17-7-4-5-8-18(17)22(28)25-24-19/h4-5,7-12H,2-3,6,13-14H2,1H3,(H,23,26)(H,25,28). The lowest BCUT2D eigenvalue weighted by Gasteiger charge is -2.08. The maximum atomic E-state index is 12.1. The quantitative estimate of drug-likeness (QED) is 0.573. The summed E-state index contributed by atoms with van der Waals surface area (Å²) >= 11 is 0. The Morgan fingerprint density at radius 1 is 1.07 bits per heavy atom. The van der Waals surface area contributed by atoms with E-state index in [4.69, 9.17) is 4.74 Å². The molecule has 1 heterocycles. The van der Waals surface area contributed by atoms with Crippen LogP contribution in [0.25, 0.3) is 10.8 Å². The Morgan fingerprint density at radius 3 is 2.52 bits per heavy atom. The highest BCUT2D eigenvalue weighted by Gasteiger charge is 2.13. The van der Waals surface area contributed by atoms with Crippen LogP contribution in [-0.2, 0) is 27.2 Å². The van der Waals surface area contributed by atoms with Gasteiger partial charge in [0, 0.05) is 11.1 Å². The molecule has 0 radical (unpaired) electrons. The minimum atomic E-state index is -0.597. The molecule has 0 bridgehead atoms. The van der Waals surface area contributed by atoms with Gasteiger partial charge in [0.1, 0.15) is 0 Å². The number of rotatable bonds is 8. The molecular formula is C22H23N3O4. The summed E-state index contributed by atoms with van der Waals surface area (Å²) in [5, 5.41) is 10.0. The number of hydrogen-bond donors (Lipinski definition) is 2. The zero-order valence-corrected chi connectivity index (χ0v) is 16.2. The highest BCUT2D eigenvalue weighted by Crippen LogP contribution is 2.14. The van der Waals surface area contributed by atoms with Crippen LogP contribution >= 0.6 is 0 Å². The average molecular weight is 393 g/mol. The van der Waals surface area contributed by atoms with E-state index in [0.717, 1.165) is 19.3 Å². The number of unbranched alkanes of at least 4 members (excludes halogenated alkanes) is 1. The van der Waals surface area contributed by atoms with Crippen LogP contribution in [0.2, 0.25) is 0 Å². The van der Waals surface area contributed by atoms with E-state index in [2.05, 4.69) is 22.4 Å². The van der Waals surface area contributed by atoms with Gasteiger partial charge in [0.2, 0.25) is 0 Å². The number of carbonyl (C=O) groups is 2. The number of carbonyl (C=O) groups excluding carboxylic acids is 2. The van der Waals surface area contributed by atoms with E-state index in [9.17, 15) is 14.4 Å². The van der Waals surface area contributed by atoms with Crippen molar-refractivity contribution >= 4 is 28.3 Å². The monoisotopic (exact) mass is 393 g/mol. The number of nitrogens with zero attached hydrogens (tertiary/aromatic N) is 1. The molecule has 7 heteroatoms. The van der Waals surface area contributed by atoms with Crippen molar-refractivity contribution in [3.63, 3.8) is 0 Å². The fourth-order valence-corrected chi connectivity index (χ4v) is 2.97. The van der Waals surface area contributed by atoms with Crippen LogP contribution in [0.1, 0.15) is 31.0 Å². The lowest BCUT2D eigenvalue weighted by molar-refractivity contribution is -0.146. The van der Waals surface area contributed by atoms with E-state index >= 15 is 0 Å². The third kappa shape index (κ3) is 5.51. The predicted octanol–water partition coefficient (Wildman–Crippen LogP) is 2.99. The minimum absolute atomic E-state index is 0.142. The molecule has 0 saturated heterocycles. The second kappa shape index (κ2) is 9.64. The van der Waals surface area contributed by atoms with Crippen molar-refractivity contribution in [2.45, 2.75) is 32.6 Å². The molecule has 2 N–H and O–H groups in total. The molecular weight excluding hydrogens is 370 g/mol. The number of H-pyrrole nitrogens is 1. The van der Waals surface area contributed by atoms with Gasteiger partial charge in [-0.3, -0.25) is 14.4 Å². The van der Waals surface area contributed by atoms with Crippen molar-refractivity contribution < 1.29 is 14.3 Å². The molecule has 0 spiro atoms. The van der Waals surface area contributed by atoms with Crippen LogP contribution < -0.4 is 10.9 Å². The van der Waals surface area contributed by atoms with Crippen LogP contribution in [0.4, 0.5) is 5.69 Å². The van der Waals surface area contributed by atoms with Gasteiger partial charge < -0.3 is 10.1 Å². The number of amides is 1. The van der Waals surface area contributed by atoms with Crippen LogP contribution in [-0.4, -0.2) is 28.7 Å². The number of benzene rings is 2. The van der Waals surface area contributed by atoms with E-state index in [1.807, 2.05) is 24.3 Å². The lowest BCUT2D eigenvalue weighted by atomic mass is 10.1. The zero-order chi connectivity index (χ0) is 20.6. The van der Waals surface area contributed by atoms with E-state index < -0.39 is 18.5 Å². The number of aryl methyl sites for hydroxylation is 1. The van der Waals surface area contributed by atoms with Gasteiger partial charge in [-0.05, 0) is 36.6 Å². The SMILES string of the molecule is CCCCc1ccc(NC(=O)COC(=O)Cc2n[nH]c(=O)c3ccccc23)cc1. The fraction of sp³-hybridized carbons (Fsp3) is 0.273. The fourth-order valence-electron chi connectivity index (χ4n) is 2.97. The maximum absolute atomic E-state index is 12.1. The third-order valence-corrected chi connectivity index (χ3v) is 4.51. The summed E-state index contributed by atoms with van der Waals surface area (Å²) in [6.07, 6.45) is 3.13. The van der Waals surface area contributed by atoms with Gasteiger partial charge in [-0.25, -0.2) is 5.10 Å². The van der Waals surface area contributed by atoms with Gasteiger partial charge in [-0.2, -0.15) is 5.10 Å². The number of aromatic amines is 1. The van der Waals surface area contributed by atoms with Crippen LogP contribution in [0.3, 0.4) is 0 Å². The molecule has 1 amide bonds. The first-order valence-electron chi connectivity index (χ1n) is 9.57. The Bertz CT molecular complexity index is 1060. The number of anilines is 1. The Morgan fingerprint density at radius 2 is 1.79 bits per heavy atom. The summed E-state index contributed by atoms with van der Waals surface area (Å²) in [6, 6.07) is 14.5. The number of hydrogen-bond acceptors (Lipinski definition) is 5. The first kappa shape index (κ1) is 20.3. The number of aromatic nitrogens is 2. The van der Waals surface area contributed by atoms with Crippen molar-refractivity contribution in [2.24, 2.45) is 0 Å². The van der Waals surface area contributed by atoms with Gasteiger partial charge in [0.15, 0.2) is 6.61 Å². The highest BCUT2D eigenvalue weighted by molar-refractivity contribution is 5.93. The molecule has 29 heavy (non-hydrogen) atoms. The molecule has 150 valence electrons. The molecule has 2 aromatic carbocycles. The van der Waals surface area contributed by atoms with Crippen molar-refractivity contribution in [2.75, 3.05) is 11.9 Å². The lowest BCUT2D eigenvalue weighted by Crippen LogP contribution is -2.22. The number of esters is 1. The topological polar surface area (TPSA) is 101 Å². The average Bonchev–Trinajstić information content (AvgIpc) is 2.74. The van der Waals surface area contributed by atoms with E-state index in [-0.39, 0.29) is 12.0 Å². The van der Waals surface area contributed by atoms with Gasteiger partial charge in [0.05, 0.1) is 17.5 Å². The van der Waals surface area contributed by atoms with Gasteiger partial charge >= 0.3 is 5.97 Å². The van der Waals surface area contributed by atoms with E-state index in [0.29, 0.717) is 22.2 Å². The van der Waals surface area contributed by atoms with Crippen LogP contribution in [0.5, 0.6) is 0 Å². The van der Waals surface area contributed by atoms with Gasteiger partial charge in [-0.1, -0.05) is 43.7 Å². The molecule has 0 aliphatic rings. The summed E-state index contributed by atoms with van der Waals surface area (Å²) < 4.78 is 5.05. The highest BCUT2D eigenvalue weighted by atomic mass is 16.5. The number of ether oxygens (including phenoxy) is 1. The molecule has 0 atom stereocenters. The molecule has 0 fully saturated rings. The molecule has 3 rings (SSSR count). The van der Waals surface area contributed by atoms with Gasteiger partial charge in [0.25, 0.3) is 11.5 Å². The van der Waals surface area contributed by atoms with E-state index in [1.165, 1.54) is 5.56 Å². The summed E-state index contributed by atoms with van der Waals surface area (Å²) in [5.74, 6) is -1.02. The van der Waals surface area contributed by atoms with Gasteiger partial charge in [-0.15, -0.1) is 0 Å². The smallest absolute Gasteiger partial charge is 0.312 e. The first-order chi connectivity index (χ1) is 14.1. The molecule has 7 nitrogen and oxygen atoms in total. The first-order valence-corrected chi connectivity index (χ1v) is 9.57. The van der Waals surface area contributed by atoms with Crippen molar-refractivity contribution in [3.8, 4) is 0 Å². The molecule has 1 aromatic heterocycles. The largest absolute Gasteiger partial charge is 0.455 e. The molecule has 0 aliphatic carbocycles. The Hall–Kier alpha value is -3.48. The zero-order valence-electron chi connectivity index (χ0n) is 16.2. The Labute approximate surface area is 168 Å². The molecule has 0 unspecified atom stereocenters. The predicted molar refractivity (Wildman–Crippen MR) is 111 cm³/mol. The molecule has 0 aliphatic heterocycles. The summed E-state index contributed by atoms with van der Waals surface area (Å²) in [5.41, 5.74) is 1.95. The van der Waals surface area contributed by atoms with E-state index in [1.54, 1.807) is 24.3 Å². The summed E-state index contributed by atoms with van der Waals surface area (Å²) in [7, 11) is 0.